The Labute approximate surface area is 105 Å². The molecule has 16 heavy (non-hydrogen) atoms. The maximum Gasteiger partial charge on any atom is 0.143 e. The number of nitrogens with one attached hydrogen (secondary N) is 1. The molecule has 1 aromatic rings. The van der Waals surface area contributed by atoms with Crippen LogP contribution >= 0.6 is 24.0 Å². The first kappa shape index (κ1) is 13.2. The second-order valence-corrected chi connectivity index (χ2v) is 3.83. The average Bonchev–Trinajstić information content (AvgIpc) is 2.69. The molecule has 0 radical (unpaired) electrons. The molecule has 0 aromatic carbocycles. The summed E-state index contributed by atoms with van der Waals surface area (Å²) in [5, 5.41) is 3.35. The molecule has 2 nitrogen and oxygen atoms in total. The van der Waals surface area contributed by atoms with Crippen LogP contribution in [0.1, 0.15) is 12.0 Å². The molecule has 0 spiro atoms. The van der Waals surface area contributed by atoms with Crippen molar-refractivity contribution in [2.45, 2.75) is 6.42 Å². The van der Waals surface area contributed by atoms with Gasteiger partial charge in [0, 0.05) is 24.7 Å². The summed E-state index contributed by atoms with van der Waals surface area (Å²) in [4.78, 5) is 3.79. The molecule has 1 unspecified atom stereocenters. The van der Waals surface area contributed by atoms with Crippen LogP contribution in [0, 0.1) is 23.6 Å². The van der Waals surface area contributed by atoms with E-state index >= 15 is 0 Å². The Kier molecular flexibility index (Phi) is 5.01. The van der Waals surface area contributed by atoms with E-state index in [1.54, 1.807) is 0 Å². The topological polar surface area (TPSA) is 24.9 Å². The molecule has 1 aliphatic rings. The molecule has 1 atom stereocenters. The van der Waals surface area contributed by atoms with Gasteiger partial charge in [-0.1, -0.05) is 23.4 Å². The molecule has 1 fully saturated rings. The highest BCUT2D eigenvalue weighted by molar-refractivity contribution is 6.29. The van der Waals surface area contributed by atoms with Crippen molar-refractivity contribution in [3.63, 3.8) is 0 Å². The van der Waals surface area contributed by atoms with Gasteiger partial charge in [-0.2, -0.15) is 0 Å². The number of aromatic nitrogens is 1. The van der Waals surface area contributed by atoms with Gasteiger partial charge in [0.25, 0.3) is 0 Å². The second kappa shape index (κ2) is 6.05. The molecule has 1 N–H and O–H groups in total. The van der Waals surface area contributed by atoms with E-state index in [1.807, 2.05) is 0 Å². The lowest BCUT2D eigenvalue weighted by Crippen LogP contribution is -2.07. The minimum atomic E-state index is -0.409. The largest absolute Gasteiger partial charge is 0.315 e. The lowest BCUT2D eigenvalue weighted by Gasteiger charge is -1.96. The molecule has 1 saturated heterocycles. The van der Waals surface area contributed by atoms with E-state index in [0.29, 0.717) is 11.5 Å². The van der Waals surface area contributed by atoms with Gasteiger partial charge in [0.1, 0.15) is 11.0 Å². The highest BCUT2D eigenvalue weighted by Gasteiger charge is 2.10. The number of hydrogen-bond acceptors (Lipinski definition) is 2. The van der Waals surface area contributed by atoms with Gasteiger partial charge in [-0.25, -0.2) is 9.37 Å². The van der Waals surface area contributed by atoms with E-state index < -0.39 is 5.82 Å². The Bertz CT molecular complexity index is 420. The van der Waals surface area contributed by atoms with Crippen LogP contribution in [0.25, 0.3) is 0 Å². The lowest BCUT2D eigenvalue weighted by molar-refractivity contribution is 0.622. The minimum absolute atomic E-state index is 0. The normalized spacial score (nSPS) is 18.5. The Morgan fingerprint density at radius 2 is 2.38 bits per heavy atom. The summed E-state index contributed by atoms with van der Waals surface area (Å²) in [6, 6.07) is 1.18. The van der Waals surface area contributed by atoms with E-state index in [9.17, 15) is 4.39 Å². The zero-order chi connectivity index (χ0) is 10.7. The number of rotatable bonds is 0. The van der Waals surface area contributed by atoms with E-state index in [1.165, 1.54) is 12.3 Å². The standard InChI is InChI=1S/C11H10ClFN2.ClH/c12-11-5-10(13)9(7-15-11)2-1-8-3-4-14-6-8;/h5,7-8,14H,3-4,6H2;1H. The van der Waals surface area contributed by atoms with Crippen molar-refractivity contribution < 1.29 is 4.39 Å². The molecule has 0 amide bonds. The molecule has 86 valence electrons. The fourth-order valence-corrected chi connectivity index (χ4v) is 1.60. The van der Waals surface area contributed by atoms with Gasteiger partial charge in [-0.05, 0) is 13.0 Å². The van der Waals surface area contributed by atoms with Crippen molar-refractivity contribution in [3.05, 3.63) is 28.8 Å². The maximum absolute atomic E-state index is 13.3. The monoisotopic (exact) mass is 260 g/mol. The third kappa shape index (κ3) is 3.34. The summed E-state index contributed by atoms with van der Waals surface area (Å²) in [7, 11) is 0. The van der Waals surface area contributed by atoms with Crippen LogP contribution in [0.3, 0.4) is 0 Å². The first-order valence-corrected chi connectivity index (χ1v) is 5.17. The van der Waals surface area contributed by atoms with Gasteiger partial charge in [0.15, 0.2) is 0 Å². The van der Waals surface area contributed by atoms with Crippen LogP contribution < -0.4 is 5.32 Å². The summed E-state index contributed by atoms with van der Waals surface area (Å²) in [5.74, 6) is 5.73. The summed E-state index contributed by atoms with van der Waals surface area (Å²) in [6.07, 6.45) is 2.39. The van der Waals surface area contributed by atoms with Gasteiger partial charge in [0.05, 0.1) is 5.56 Å². The Balaban J connectivity index is 0.00000128. The van der Waals surface area contributed by atoms with Crippen LogP contribution in [0.4, 0.5) is 4.39 Å². The summed E-state index contributed by atoms with van der Waals surface area (Å²) < 4.78 is 13.3. The zero-order valence-electron chi connectivity index (χ0n) is 8.46. The summed E-state index contributed by atoms with van der Waals surface area (Å²) in [6.45, 7) is 1.87. The minimum Gasteiger partial charge on any atom is -0.315 e. The quantitative estimate of drug-likeness (QED) is 0.572. The van der Waals surface area contributed by atoms with Crippen LogP contribution in [0.2, 0.25) is 5.15 Å². The van der Waals surface area contributed by atoms with Crippen molar-refractivity contribution in [2.75, 3.05) is 13.1 Å². The van der Waals surface area contributed by atoms with Crippen molar-refractivity contribution in [1.82, 2.24) is 10.3 Å². The number of nitrogens with zero attached hydrogens (tertiary/aromatic N) is 1. The van der Waals surface area contributed by atoms with Gasteiger partial charge >= 0.3 is 0 Å². The first-order chi connectivity index (χ1) is 7.25. The molecule has 5 heteroatoms. The van der Waals surface area contributed by atoms with Crippen molar-refractivity contribution in [3.8, 4) is 11.8 Å². The predicted molar refractivity (Wildman–Crippen MR) is 64.3 cm³/mol. The predicted octanol–water partition coefficient (Wildman–Crippen LogP) is 2.26. The third-order valence-corrected chi connectivity index (χ3v) is 2.50. The van der Waals surface area contributed by atoms with E-state index in [-0.39, 0.29) is 17.6 Å². The maximum atomic E-state index is 13.3. The van der Waals surface area contributed by atoms with Crippen LogP contribution in [0.5, 0.6) is 0 Å². The van der Waals surface area contributed by atoms with Crippen molar-refractivity contribution in [1.29, 1.82) is 0 Å². The fraction of sp³-hybridized carbons (Fsp3) is 0.364. The molecule has 0 saturated carbocycles. The van der Waals surface area contributed by atoms with Crippen LogP contribution in [0.15, 0.2) is 12.3 Å². The SMILES string of the molecule is Cl.Fc1cc(Cl)ncc1C#CC1CCNC1. The Morgan fingerprint density at radius 3 is 3.00 bits per heavy atom. The number of hydrogen-bond donors (Lipinski definition) is 1. The molecule has 2 heterocycles. The number of pyridine rings is 1. The van der Waals surface area contributed by atoms with Crippen LogP contribution in [-0.4, -0.2) is 18.1 Å². The Morgan fingerprint density at radius 1 is 1.56 bits per heavy atom. The highest BCUT2D eigenvalue weighted by Crippen LogP contribution is 2.11. The lowest BCUT2D eigenvalue weighted by atomic mass is 10.1. The molecular formula is C11H11Cl2FN2. The van der Waals surface area contributed by atoms with Gasteiger partial charge in [0.2, 0.25) is 0 Å². The van der Waals surface area contributed by atoms with Crippen LogP contribution in [-0.2, 0) is 0 Å². The first-order valence-electron chi connectivity index (χ1n) is 4.79. The second-order valence-electron chi connectivity index (χ2n) is 3.45. The van der Waals surface area contributed by atoms with Gasteiger partial charge < -0.3 is 5.32 Å². The van der Waals surface area contributed by atoms with Gasteiger partial charge in [-0.3, -0.25) is 0 Å². The van der Waals surface area contributed by atoms with E-state index in [0.717, 1.165) is 19.5 Å². The Hall–Kier alpha value is -0.820. The van der Waals surface area contributed by atoms with Crippen molar-refractivity contribution >= 4 is 24.0 Å². The highest BCUT2D eigenvalue weighted by atomic mass is 35.5. The molecule has 1 aliphatic heterocycles. The smallest absolute Gasteiger partial charge is 0.143 e. The molecule has 1 aromatic heterocycles. The van der Waals surface area contributed by atoms with Crippen molar-refractivity contribution in [2.24, 2.45) is 5.92 Å². The van der Waals surface area contributed by atoms with E-state index in [2.05, 4.69) is 22.1 Å². The summed E-state index contributed by atoms with van der Waals surface area (Å²) >= 11 is 5.53. The van der Waals surface area contributed by atoms with Gasteiger partial charge in [-0.15, -0.1) is 12.4 Å². The number of halogens is 3. The molecule has 0 aliphatic carbocycles. The summed E-state index contributed by atoms with van der Waals surface area (Å²) in [5.41, 5.74) is 0.311. The fourth-order valence-electron chi connectivity index (χ4n) is 1.46. The molecule has 2 rings (SSSR count). The third-order valence-electron chi connectivity index (χ3n) is 2.29. The average molecular weight is 261 g/mol. The molecular weight excluding hydrogens is 250 g/mol. The van der Waals surface area contributed by atoms with E-state index in [4.69, 9.17) is 11.6 Å². The molecule has 0 bridgehead atoms. The zero-order valence-corrected chi connectivity index (χ0v) is 10.0.